The van der Waals surface area contributed by atoms with Gasteiger partial charge < -0.3 is 5.11 Å². The maximum absolute atomic E-state index is 10.7. The highest BCUT2D eigenvalue weighted by atomic mass is 16.4. The van der Waals surface area contributed by atoms with Gasteiger partial charge in [0, 0.05) is 6.20 Å². The number of hydrogen-bond donors (Lipinski definition) is 1. The van der Waals surface area contributed by atoms with Crippen LogP contribution in [0.5, 0.6) is 0 Å². The topological polar surface area (TPSA) is 62.5 Å². The van der Waals surface area contributed by atoms with Crippen LogP contribution in [0.4, 0.5) is 0 Å². The Morgan fingerprint density at radius 3 is 2.93 bits per heavy atom. The van der Waals surface area contributed by atoms with E-state index in [2.05, 4.69) is 9.98 Å². The lowest BCUT2D eigenvalue weighted by molar-refractivity contribution is -0.138. The molecule has 0 aliphatic carbocycles. The third-order valence-corrected chi connectivity index (χ3v) is 2.21. The van der Waals surface area contributed by atoms with Crippen LogP contribution in [0.1, 0.15) is 18.5 Å². The number of aliphatic carboxylic acids is 1. The Bertz CT molecular complexity index is 373. The quantitative estimate of drug-likeness (QED) is 0.760. The molecule has 0 saturated carbocycles. The van der Waals surface area contributed by atoms with Gasteiger partial charge in [0.1, 0.15) is 6.04 Å². The lowest BCUT2D eigenvalue weighted by Gasteiger charge is -1.96. The van der Waals surface area contributed by atoms with Gasteiger partial charge in [-0.15, -0.1) is 0 Å². The molecule has 2 rings (SSSR count). The highest BCUT2D eigenvalue weighted by Gasteiger charge is 2.24. The molecule has 1 atom stereocenters. The summed E-state index contributed by atoms with van der Waals surface area (Å²) in [5, 5.41) is 8.75. The van der Waals surface area contributed by atoms with Crippen LogP contribution < -0.4 is 0 Å². The molecule has 0 amide bonds. The molecule has 0 spiro atoms. The van der Waals surface area contributed by atoms with E-state index in [1.54, 1.807) is 6.20 Å². The molecule has 1 N–H and O–H groups in total. The van der Waals surface area contributed by atoms with Crippen molar-refractivity contribution >= 4 is 11.7 Å². The third kappa shape index (κ3) is 1.64. The third-order valence-electron chi connectivity index (χ3n) is 2.21. The van der Waals surface area contributed by atoms with E-state index in [-0.39, 0.29) is 0 Å². The van der Waals surface area contributed by atoms with E-state index >= 15 is 0 Å². The van der Waals surface area contributed by atoms with Crippen LogP contribution in [0.25, 0.3) is 0 Å². The fourth-order valence-corrected chi connectivity index (χ4v) is 1.50. The van der Waals surface area contributed by atoms with E-state index in [1.807, 2.05) is 18.2 Å². The summed E-state index contributed by atoms with van der Waals surface area (Å²) >= 11 is 0. The molecule has 4 heteroatoms. The van der Waals surface area contributed by atoms with Crippen LogP contribution in [0, 0.1) is 0 Å². The Balaban J connectivity index is 2.22. The SMILES string of the molecule is O=C(O)[C@H]1CCC(c2ccccn2)=N1. The normalized spacial score (nSPS) is 20.6. The fraction of sp³-hybridized carbons (Fsp3) is 0.300. The molecule has 0 radical (unpaired) electrons. The van der Waals surface area contributed by atoms with Crippen molar-refractivity contribution in [1.82, 2.24) is 4.98 Å². The Kier molecular flexibility index (Phi) is 2.26. The van der Waals surface area contributed by atoms with Gasteiger partial charge in [-0.25, -0.2) is 4.79 Å². The maximum atomic E-state index is 10.7. The summed E-state index contributed by atoms with van der Waals surface area (Å²) in [6, 6.07) is 4.97. The summed E-state index contributed by atoms with van der Waals surface area (Å²) in [5.41, 5.74) is 1.59. The average molecular weight is 190 g/mol. The van der Waals surface area contributed by atoms with E-state index in [4.69, 9.17) is 5.11 Å². The monoisotopic (exact) mass is 190 g/mol. The van der Waals surface area contributed by atoms with E-state index in [9.17, 15) is 4.79 Å². The molecule has 0 fully saturated rings. The molecule has 1 aliphatic rings. The molecule has 0 aromatic carbocycles. The van der Waals surface area contributed by atoms with Crippen molar-refractivity contribution in [2.24, 2.45) is 4.99 Å². The molecule has 2 heterocycles. The van der Waals surface area contributed by atoms with Gasteiger partial charge >= 0.3 is 5.97 Å². The zero-order chi connectivity index (χ0) is 9.97. The Hall–Kier alpha value is -1.71. The molecule has 0 saturated heterocycles. The van der Waals surface area contributed by atoms with Gasteiger partial charge in [0.15, 0.2) is 0 Å². The first-order valence-electron chi connectivity index (χ1n) is 4.48. The highest BCUT2D eigenvalue weighted by molar-refractivity contribution is 6.02. The molecule has 4 nitrogen and oxygen atoms in total. The molecule has 14 heavy (non-hydrogen) atoms. The number of carboxylic acids is 1. The first kappa shape index (κ1) is 8.87. The second kappa shape index (κ2) is 3.57. The van der Waals surface area contributed by atoms with Crippen molar-refractivity contribution in [1.29, 1.82) is 0 Å². The summed E-state index contributed by atoms with van der Waals surface area (Å²) < 4.78 is 0. The largest absolute Gasteiger partial charge is 0.480 e. The van der Waals surface area contributed by atoms with Crippen molar-refractivity contribution in [3.05, 3.63) is 30.1 Å². The van der Waals surface area contributed by atoms with Gasteiger partial charge in [0.05, 0.1) is 11.4 Å². The Labute approximate surface area is 81.3 Å². The van der Waals surface area contributed by atoms with Crippen molar-refractivity contribution in [2.45, 2.75) is 18.9 Å². The van der Waals surface area contributed by atoms with Crippen molar-refractivity contribution in [3.8, 4) is 0 Å². The number of carbonyl (C=O) groups is 1. The molecule has 1 aromatic rings. The number of hydrogen-bond acceptors (Lipinski definition) is 3. The second-order valence-corrected chi connectivity index (χ2v) is 3.18. The summed E-state index contributed by atoms with van der Waals surface area (Å²) in [4.78, 5) is 18.9. The highest BCUT2D eigenvalue weighted by Crippen LogP contribution is 2.17. The molecule has 1 aromatic heterocycles. The van der Waals surface area contributed by atoms with Gasteiger partial charge in [-0.3, -0.25) is 9.98 Å². The standard InChI is InChI=1S/C10H10N2O2/c13-10(14)9-5-4-8(12-9)7-3-1-2-6-11-7/h1-3,6,9H,4-5H2,(H,13,14)/t9-/m1/s1. The van der Waals surface area contributed by atoms with Crippen LogP contribution in [0.2, 0.25) is 0 Å². The predicted molar refractivity (Wildman–Crippen MR) is 51.4 cm³/mol. The number of aromatic nitrogens is 1. The van der Waals surface area contributed by atoms with Crippen LogP contribution >= 0.6 is 0 Å². The number of aliphatic imine (C=N–C) groups is 1. The number of rotatable bonds is 2. The predicted octanol–water partition coefficient (Wildman–Crippen LogP) is 1.12. The summed E-state index contributed by atoms with van der Waals surface area (Å²) in [7, 11) is 0. The van der Waals surface area contributed by atoms with Gasteiger partial charge in [-0.2, -0.15) is 0 Å². The first-order valence-corrected chi connectivity index (χ1v) is 4.48. The summed E-state index contributed by atoms with van der Waals surface area (Å²) in [6.07, 6.45) is 2.97. The number of carboxylic acid groups (broad SMARTS) is 1. The minimum atomic E-state index is -0.851. The second-order valence-electron chi connectivity index (χ2n) is 3.18. The first-order chi connectivity index (χ1) is 6.77. The molecule has 72 valence electrons. The Morgan fingerprint density at radius 1 is 1.50 bits per heavy atom. The van der Waals surface area contributed by atoms with E-state index in [1.165, 1.54) is 0 Å². The minimum Gasteiger partial charge on any atom is -0.480 e. The molecule has 0 unspecified atom stereocenters. The van der Waals surface area contributed by atoms with Gasteiger partial charge in [0.2, 0.25) is 0 Å². The fourth-order valence-electron chi connectivity index (χ4n) is 1.50. The molecule has 1 aliphatic heterocycles. The van der Waals surface area contributed by atoms with Crippen LogP contribution in [-0.2, 0) is 4.79 Å². The van der Waals surface area contributed by atoms with E-state index in [0.717, 1.165) is 11.4 Å². The van der Waals surface area contributed by atoms with Gasteiger partial charge in [0.25, 0.3) is 0 Å². The zero-order valence-electron chi connectivity index (χ0n) is 7.55. The minimum absolute atomic E-state index is 0.577. The molecular weight excluding hydrogens is 180 g/mol. The van der Waals surface area contributed by atoms with Crippen molar-refractivity contribution < 1.29 is 9.90 Å². The summed E-state index contributed by atoms with van der Waals surface area (Å²) in [5.74, 6) is -0.851. The lowest BCUT2D eigenvalue weighted by Crippen LogP contribution is -2.13. The smallest absolute Gasteiger partial charge is 0.328 e. The van der Waals surface area contributed by atoms with E-state index < -0.39 is 12.0 Å². The maximum Gasteiger partial charge on any atom is 0.328 e. The van der Waals surface area contributed by atoms with Gasteiger partial charge in [-0.05, 0) is 25.0 Å². The van der Waals surface area contributed by atoms with E-state index in [0.29, 0.717) is 12.8 Å². The number of pyridine rings is 1. The van der Waals surface area contributed by atoms with Crippen LogP contribution in [0.15, 0.2) is 29.4 Å². The average Bonchev–Trinajstić information content (AvgIpc) is 2.68. The summed E-state index contributed by atoms with van der Waals surface area (Å²) in [6.45, 7) is 0. The van der Waals surface area contributed by atoms with Crippen LogP contribution in [-0.4, -0.2) is 27.8 Å². The molecule has 0 bridgehead atoms. The van der Waals surface area contributed by atoms with Crippen molar-refractivity contribution in [2.75, 3.05) is 0 Å². The van der Waals surface area contributed by atoms with Crippen molar-refractivity contribution in [3.63, 3.8) is 0 Å². The Morgan fingerprint density at radius 2 is 2.36 bits per heavy atom. The zero-order valence-corrected chi connectivity index (χ0v) is 7.55. The van der Waals surface area contributed by atoms with Gasteiger partial charge in [-0.1, -0.05) is 6.07 Å². The van der Waals surface area contributed by atoms with Crippen LogP contribution in [0.3, 0.4) is 0 Å². The lowest BCUT2D eigenvalue weighted by atomic mass is 10.1. The molecular formula is C10H10N2O2. The number of nitrogens with zero attached hydrogens (tertiary/aromatic N) is 2.